The van der Waals surface area contributed by atoms with E-state index in [9.17, 15) is 4.79 Å². The third kappa shape index (κ3) is 2.33. The highest BCUT2D eigenvalue weighted by atomic mass is 16.1. The van der Waals surface area contributed by atoms with Gasteiger partial charge in [0.25, 0.3) is 5.56 Å². The number of nitrogens with zero attached hydrogens (tertiary/aromatic N) is 3. The van der Waals surface area contributed by atoms with Crippen molar-refractivity contribution in [2.45, 2.75) is 12.8 Å². The lowest BCUT2D eigenvalue weighted by Gasteiger charge is -2.35. The molecule has 6 nitrogen and oxygen atoms in total. The second kappa shape index (κ2) is 4.61. The Hall–Kier alpha value is -1.56. The smallest absolute Gasteiger partial charge is 0.276 e. The van der Waals surface area contributed by atoms with Gasteiger partial charge in [-0.2, -0.15) is 0 Å². The topological polar surface area (TPSA) is 78.2 Å². The summed E-state index contributed by atoms with van der Waals surface area (Å²) < 4.78 is 0. The predicted octanol–water partition coefficient (Wildman–Crippen LogP) is -0.116. The summed E-state index contributed by atoms with van der Waals surface area (Å²) in [6.07, 6.45) is 4.20. The van der Waals surface area contributed by atoms with Crippen molar-refractivity contribution in [3.8, 4) is 0 Å². The quantitative estimate of drug-likeness (QED) is 0.781. The zero-order valence-electron chi connectivity index (χ0n) is 10.4. The van der Waals surface area contributed by atoms with E-state index in [-0.39, 0.29) is 11.2 Å². The van der Waals surface area contributed by atoms with E-state index in [0.717, 1.165) is 32.1 Å². The third-order valence-electron chi connectivity index (χ3n) is 3.75. The maximum atomic E-state index is 11.4. The minimum atomic E-state index is -0.250. The van der Waals surface area contributed by atoms with Gasteiger partial charge in [0.05, 0.1) is 6.33 Å². The number of aromatic amines is 1. The van der Waals surface area contributed by atoms with Crippen molar-refractivity contribution in [1.29, 1.82) is 0 Å². The van der Waals surface area contributed by atoms with E-state index in [4.69, 9.17) is 5.73 Å². The molecule has 2 fully saturated rings. The second-order valence-corrected chi connectivity index (χ2v) is 5.20. The first-order chi connectivity index (χ1) is 8.74. The fourth-order valence-electron chi connectivity index (χ4n) is 2.46. The van der Waals surface area contributed by atoms with Crippen LogP contribution in [0.2, 0.25) is 0 Å². The van der Waals surface area contributed by atoms with Crippen molar-refractivity contribution in [2.75, 3.05) is 43.4 Å². The summed E-state index contributed by atoms with van der Waals surface area (Å²) in [7, 11) is 0. The van der Waals surface area contributed by atoms with Crippen LogP contribution in [0.3, 0.4) is 0 Å². The van der Waals surface area contributed by atoms with E-state index in [1.54, 1.807) is 0 Å². The zero-order valence-corrected chi connectivity index (χ0v) is 10.4. The van der Waals surface area contributed by atoms with Crippen molar-refractivity contribution in [3.63, 3.8) is 0 Å². The molecule has 0 spiro atoms. The summed E-state index contributed by atoms with van der Waals surface area (Å²) in [5.41, 5.74) is 5.76. The molecule has 6 heteroatoms. The molecule has 0 bridgehead atoms. The minimum Gasteiger partial charge on any atom is -0.391 e. The molecular formula is C12H19N5O. The first-order valence-electron chi connectivity index (χ1n) is 6.54. The van der Waals surface area contributed by atoms with Gasteiger partial charge in [-0.15, -0.1) is 0 Å². The van der Waals surface area contributed by atoms with Crippen LogP contribution in [0.4, 0.5) is 11.5 Å². The number of hydrogen-bond acceptors (Lipinski definition) is 5. The molecule has 98 valence electrons. The maximum Gasteiger partial charge on any atom is 0.276 e. The van der Waals surface area contributed by atoms with Crippen LogP contribution in [0.5, 0.6) is 0 Å². The number of nitrogens with one attached hydrogen (secondary N) is 1. The highest BCUT2D eigenvalue weighted by Crippen LogP contribution is 2.30. The van der Waals surface area contributed by atoms with Gasteiger partial charge in [0.2, 0.25) is 0 Å². The maximum absolute atomic E-state index is 11.4. The Morgan fingerprint density at radius 3 is 2.72 bits per heavy atom. The van der Waals surface area contributed by atoms with E-state index >= 15 is 0 Å². The standard InChI is InChI=1S/C12H19N5O/c13-10-11(14-8-15-12(10)18)17-5-3-16(4-6-17)7-9-1-2-9/h8-9H,1-7,13H2,(H,14,15,18). The van der Waals surface area contributed by atoms with Gasteiger partial charge in [-0.25, -0.2) is 4.98 Å². The number of nitrogen functional groups attached to an aromatic ring is 1. The molecular weight excluding hydrogens is 230 g/mol. The van der Waals surface area contributed by atoms with Gasteiger partial charge in [0.1, 0.15) is 5.69 Å². The molecule has 0 unspecified atom stereocenters. The Bertz CT molecular complexity index is 474. The van der Waals surface area contributed by atoms with Crippen LogP contribution >= 0.6 is 0 Å². The van der Waals surface area contributed by atoms with Crippen LogP contribution in [-0.4, -0.2) is 47.6 Å². The van der Waals surface area contributed by atoms with Crippen molar-refractivity contribution in [1.82, 2.24) is 14.9 Å². The van der Waals surface area contributed by atoms with Crippen LogP contribution in [0, 0.1) is 5.92 Å². The van der Waals surface area contributed by atoms with Gasteiger partial charge in [0, 0.05) is 32.7 Å². The van der Waals surface area contributed by atoms with Crippen molar-refractivity contribution in [2.24, 2.45) is 5.92 Å². The third-order valence-corrected chi connectivity index (χ3v) is 3.75. The van der Waals surface area contributed by atoms with E-state index < -0.39 is 0 Å². The van der Waals surface area contributed by atoms with Crippen molar-refractivity contribution in [3.05, 3.63) is 16.7 Å². The molecule has 1 aliphatic heterocycles. The van der Waals surface area contributed by atoms with E-state index in [1.165, 1.54) is 25.7 Å². The molecule has 3 N–H and O–H groups in total. The molecule has 2 aliphatic rings. The molecule has 2 heterocycles. The Balaban J connectivity index is 1.64. The Kier molecular flexibility index (Phi) is 2.95. The predicted molar refractivity (Wildman–Crippen MR) is 70.6 cm³/mol. The van der Waals surface area contributed by atoms with Gasteiger partial charge in [0.15, 0.2) is 5.82 Å². The number of piperazine rings is 1. The summed E-state index contributed by atoms with van der Waals surface area (Å²) in [5, 5.41) is 0. The number of aromatic nitrogens is 2. The summed E-state index contributed by atoms with van der Waals surface area (Å²) >= 11 is 0. The number of hydrogen-bond donors (Lipinski definition) is 2. The van der Waals surface area contributed by atoms with Gasteiger partial charge >= 0.3 is 0 Å². The number of rotatable bonds is 3. The molecule has 0 aromatic carbocycles. The van der Waals surface area contributed by atoms with Gasteiger partial charge in [-0.1, -0.05) is 0 Å². The lowest BCUT2D eigenvalue weighted by molar-refractivity contribution is 0.247. The molecule has 0 amide bonds. The molecule has 1 saturated heterocycles. The summed E-state index contributed by atoms with van der Waals surface area (Å²) in [6.45, 7) is 5.09. The van der Waals surface area contributed by atoms with E-state index in [2.05, 4.69) is 19.8 Å². The van der Waals surface area contributed by atoms with Gasteiger partial charge in [-0.3, -0.25) is 9.69 Å². The van der Waals surface area contributed by atoms with Crippen LogP contribution < -0.4 is 16.2 Å². The first kappa shape index (κ1) is 11.5. The summed E-state index contributed by atoms with van der Waals surface area (Å²) in [5.74, 6) is 1.56. The Morgan fingerprint density at radius 1 is 1.33 bits per heavy atom. The number of anilines is 2. The van der Waals surface area contributed by atoms with Gasteiger partial charge in [-0.05, 0) is 18.8 Å². The largest absolute Gasteiger partial charge is 0.391 e. The highest BCUT2D eigenvalue weighted by Gasteiger charge is 2.27. The molecule has 1 aliphatic carbocycles. The molecule has 0 radical (unpaired) electrons. The Morgan fingerprint density at radius 2 is 2.06 bits per heavy atom. The molecule has 1 saturated carbocycles. The van der Waals surface area contributed by atoms with Gasteiger partial charge < -0.3 is 15.6 Å². The molecule has 1 aromatic heterocycles. The summed E-state index contributed by atoms with van der Waals surface area (Å²) in [4.78, 5) is 22.7. The Labute approximate surface area is 106 Å². The number of nitrogens with two attached hydrogens (primary N) is 1. The average molecular weight is 249 g/mol. The van der Waals surface area contributed by atoms with E-state index in [0.29, 0.717) is 5.82 Å². The van der Waals surface area contributed by atoms with Crippen LogP contribution in [0.25, 0.3) is 0 Å². The highest BCUT2D eigenvalue weighted by molar-refractivity contribution is 5.61. The van der Waals surface area contributed by atoms with Crippen LogP contribution in [0.1, 0.15) is 12.8 Å². The van der Waals surface area contributed by atoms with Crippen molar-refractivity contribution >= 4 is 11.5 Å². The molecule has 0 atom stereocenters. The monoisotopic (exact) mass is 249 g/mol. The van der Waals surface area contributed by atoms with Crippen LogP contribution in [0.15, 0.2) is 11.1 Å². The molecule has 1 aromatic rings. The van der Waals surface area contributed by atoms with E-state index in [1.807, 2.05) is 0 Å². The SMILES string of the molecule is Nc1c(N2CCN(CC3CC3)CC2)nc[nH]c1=O. The number of H-pyrrole nitrogens is 1. The molecule has 18 heavy (non-hydrogen) atoms. The fraction of sp³-hybridized carbons (Fsp3) is 0.667. The first-order valence-corrected chi connectivity index (χ1v) is 6.54. The minimum absolute atomic E-state index is 0.230. The lowest BCUT2D eigenvalue weighted by Crippen LogP contribution is -2.47. The summed E-state index contributed by atoms with van der Waals surface area (Å²) in [6, 6.07) is 0. The normalized spacial score (nSPS) is 21.2. The average Bonchev–Trinajstić information content (AvgIpc) is 3.18. The zero-order chi connectivity index (χ0) is 12.5. The van der Waals surface area contributed by atoms with Crippen molar-refractivity contribution < 1.29 is 0 Å². The molecule has 3 rings (SSSR count). The lowest BCUT2D eigenvalue weighted by atomic mass is 10.2. The fourth-order valence-corrected chi connectivity index (χ4v) is 2.46. The van der Waals surface area contributed by atoms with Crippen LogP contribution in [-0.2, 0) is 0 Å². The second-order valence-electron chi connectivity index (χ2n) is 5.20.